The van der Waals surface area contributed by atoms with Crippen LogP contribution in [-0.4, -0.2) is 31.1 Å². The van der Waals surface area contributed by atoms with Crippen LogP contribution in [0.5, 0.6) is 0 Å². The first-order valence-electron chi connectivity index (χ1n) is 3.75. The first kappa shape index (κ1) is 9.80. The van der Waals surface area contributed by atoms with Gasteiger partial charge in [0.25, 0.3) is 0 Å². The van der Waals surface area contributed by atoms with Crippen molar-refractivity contribution in [2.24, 2.45) is 0 Å². The molecule has 2 nitrogen and oxygen atoms in total. The van der Waals surface area contributed by atoms with Crippen LogP contribution in [0.25, 0.3) is 0 Å². The van der Waals surface area contributed by atoms with Gasteiger partial charge in [0.05, 0.1) is 18.8 Å². The number of halogens is 3. The molecule has 0 saturated carbocycles. The van der Waals surface area contributed by atoms with Gasteiger partial charge in [-0.25, -0.2) is 0 Å². The predicted octanol–water partition coefficient (Wildman–Crippen LogP) is 1.74. The number of hydrogen-bond acceptors (Lipinski definition) is 2. The molecule has 0 aromatic heterocycles. The van der Waals surface area contributed by atoms with Crippen LogP contribution in [0, 0.1) is 0 Å². The quantitative estimate of drug-likeness (QED) is 0.571. The Morgan fingerprint density at radius 2 is 1.75 bits per heavy atom. The molecular formula is C7H11F3O2. The van der Waals surface area contributed by atoms with E-state index in [9.17, 15) is 13.2 Å². The highest BCUT2D eigenvalue weighted by Gasteiger charge is 2.44. The van der Waals surface area contributed by atoms with E-state index in [1.807, 2.05) is 0 Å². The summed E-state index contributed by atoms with van der Waals surface area (Å²) in [7, 11) is 0. The standard InChI is InChI=1S/C7H11F3O2/c1-4-5(2)12-6(3-11-4)7(8,9)10/h4-6H,3H2,1-2H3. The van der Waals surface area contributed by atoms with Crippen LogP contribution >= 0.6 is 0 Å². The molecule has 1 saturated heterocycles. The largest absolute Gasteiger partial charge is 0.416 e. The van der Waals surface area contributed by atoms with E-state index in [2.05, 4.69) is 0 Å². The summed E-state index contributed by atoms with van der Waals surface area (Å²) in [6.07, 6.45) is -6.83. The van der Waals surface area contributed by atoms with Gasteiger partial charge in [0.1, 0.15) is 0 Å². The van der Waals surface area contributed by atoms with Crippen LogP contribution in [0.1, 0.15) is 13.8 Å². The fourth-order valence-corrected chi connectivity index (χ4v) is 0.955. The Labute approximate surface area is 68.6 Å². The molecule has 0 amide bonds. The summed E-state index contributed by atoms with van der Waals surface area (Å²) >= 11 is 0. The smallest absolute Gasteiger partial charge is 0.373 e. The van der Waals surface area contributed by atoms with Crippen LogP contribution in [0.2, 0.25) is 0 Å². The Kier molecular flexibility index (Phi) is 2.63. The summed E-state index contributed by atoms with van der Waals surface area (Å²) in [4.78, 5) is 0. The second kappa shape index (κ2) is 3.22. The number of ether oxygens (including phenoxy) is 2. The molecule has 0 aliphatic carbocycles. The highest BCUT2D eigenvalue weighted by molar-refractivity contribution is 4.76. The first-order chi connectivity index (χ1) is 5.41. The zero-order valence-corrected chi connectivity index (χ0v) is 6.89. The van der Waals surface area contributed by atoms with Gasteiger partial charge in [-0.05, 0) is 13.8 Å². The average molecular weight is 184 g/mol. The van der Waals surface area contributed by atoms with E-state index < -0.39 is 25.0 Å². The maximum absolute atomic E-state index is 12.0. The maximum atomic E-state index is 12.0. The number of rotatable bonds is 0. The molecule has 12 heavy (non-hydrogen) atoms. The summed E-state index contributed by atoms with van der Waals surface area (Å²) < 4.78 is 45.7. The summed E-state index contributed by atoms with van der Waals surface area (Å²) in [5.41, 5.74) is 0. The van der Waals surface area contributed by atoms with Crippen molar-refractivity contribution in [3.8, 4) is 0 Å². The van der Waals surface area contributed by atoms with E-state index in [0.29, 0.717) is 0 Å². The summed E-state index contributed by atoms with van der Waals surface area (Å²) in [6, 6.07) is 0. The monoisotopic (exact) mass is 184 g/mol. The molecule has 3 atom stereocenters. The van der Waals surface area contributed by atoms with E-state index >= 15 is 0 Å². The second-order valence-electron chi connectivity index (χ2n) is 2.91. The van der Waals surface area contributed by atoms with Gasteiger partial charge in [0, 0.05) is 0 Å². The summed E-state index contributed by atoms with van der Waals surface area (Å²) in [6.45, 7) is 2.87. The first-order valence-corrected chi connectivity index (χ1v) is 3.75. The maximum Gasteiger partial charge on any atom is 0.416 e. The van der Waals surface area contributed by atoms with Gasteiger partial charge >= 0.3 is 6.18 Å². The van der Waals surface area contributed by atoms with Crippen molar-refractivity contribution in [1.82, 2.24) is 0 Å². The topological polar surface area (TPSA) is 18.5 Å². The lowest BCUT2D eigenvalue weighted by atomic mass is 10.2. The molecule has 1 fully saturated rings. The van der Waals surface area contributed by atoms with Crippen molar-refractivity contribution in [2.75, 3.05) is 6.61 Å². The van der Waals surface area contributed by atoms with Crippen molar-refractivity contribution < 1.29 is 22.6 Å². The normalized spacial score (nSPS) is 38.2. The Morgan fingerprint density at radius 1 is 1.17 bits per heavy atom. The molecule has 0 aromatic carbocycles. The van der Waals surface area contributed by atoms with Gasteiger partial charge in [-0.3, -0.25) is 0 Å². The average Bonchev–Trinajstić information content (AvgIpc) is 1.92. The van der Waals surface area contributed by atoms with Crippen molar-refractivity contribution >= 4 is 0 Å². The summed E-state index contributed by atoms with van der Waals surface area (Å²) in [5, 5.41) is 0. The molecule has 3 unspecified atom stereocenters. The number of hydrogen-bond donors (Lipinski definition) is 0. The third-order valence-corrected chi connectivity index (χ3v) is 1.92. The predicted molar refractivity (Wildman–Crippen MR) is 35.8 cm³/mol. The van der Waals surface area contributed by atoms with Gasteiger partial charge in [-0.1, -0.05) is 0 Å². The van der Waals surface area contributed by atoms with Crippen molar-refractivity contribution in [2.45, 2.75) is 38.3 Å². The molecule has 5 heteroatoms. The molecule has 0 aromatic rings. The van der Waals surface area contributed by atoms with Crippen LogP contribution in [0.3, 0.4) is 0 Å². The molecule has 0 N–H and O–H groups in total. The SMILES string of the molecule is CC1OCC(C(F)(F)F)OC1C. The molecule has 0 radical (unpaired) electrons. The van der Waals surface area contributed by atoms with E-state index in [4.69, 9.17) is 9.47 Å². The third kappa shape index (κ3) is 2.10. The Hall–Kier alpha value is -0.290. The zero-order valence-electron chi connectivity index (χ0n) is 6.89. The second-order valence-corrected chi connectivity index (χ2v) is 2.91. The minimum Gasteiger partial charge on any atom is -0.373 e. The fraction of sp³-hybridized carbons (Fsp3) is 1.00. The molecule has 1 aliphatic heterocycles. The van der Waals surface area contributed by atoms with E-state index in [1.165, 1.54) is 0 Å². The van der Waals surface area contributed by atoms with Crippen LogP contribution in [0.15, 0.2) is 0 Å². The van der Waals surface area contributed by atoms with Gasteiger partial charge in [0.2, 0.25) is 0 Å². The lowest BCUT2D eigenvalue weighted by Gasteiger charge is -2.33. The van der Waals surface area contributed by atoms with Crippen molar-refractivity contribution in [1.29, 1.82) is 0 Å². The van der Waals surface area contributed by atoms with E-state index in [0.717, 1.165) is 0 Å². The van der Waals surface area contributed by atoms with Crippen LogP contribution in [-0.2, 0) is 9.47 Å². The van der Waals surface area contributed by atoms with E-state index in [-0.39, 0.29) is 6.10 Å². The molecule has 1 heterocycles. The highest BCUT2D eigenvalue weighted by Crippen LogP contribution is 2.28. The minimum atomic E-state index is -4.31. The lowest BCUT2D eigenvalue weighted by Crippen LogP contribution is -2.47. The Bertz CT molecular complexity index is 157. The zero-order chi connectivity index (χ0) is 9.35. The molecule has 0 spiro atoms. The fourth-order valence-electron chi connectivity index (χ4n) is 0.955. The van der Waals surface area contributed by atoms with Gasteiger partial charge in [-0.15, -0.1) is 0 Å². The highest BCUT2D eigenvalue weighted by atomic mass is 19.4. The van der Waals surface area contributed by atoms with Gasteiger partial charge in [-0.2, -0.15) is 13.2 Å². The number of alkyl halides is 3. The lowest BCUT2D eigenvalue weighted by molar-refractivity contribution is -0.283. The molecular weight excluding hydrogens is 173 g/mol. The van der Waals surface area contributed by atoms with Crippen LogP contribution < -0.4 is 0 Å². The molecule has 0 bridgehead atoms. The van der Waals surface area contributed by atoms with Crippen molar-refractivity contribution in [3.63, 3.8) is 0 Å². The minimum absolute atomic E-state index is 0.261. The van der Waals surface area contributed by atoms with Crippen LogP contribution in [0.4, 0.5) is 13.2 Å². The molecule has 72 valence electrons. The molecule has 1 aliphatic rings. The van der Waals surface area contributed by atoms with Gasteiger partial charge in [0.15, 0.2) is 6.10 Å². The third-order valence-electron chi connectivity index (χ3n) is 1.92. The molecule has 1 rings (SSSR count). The Balaban J connectivity index is 2.51. The Morgan fingerprint density at radius 3 is 2.17 bits per heavy atom. The van der Waals surface area contributed by atoms with Gasteiger partial charge < -0.3 is 9.47 Å². The van der Waals surface area contributed by atoms with Crippen molar-refractivity contribution in [3.05, 3.63) is 0 Å². The van der Waals surface area contributed by atoms with E-state index in [1.54, 1.807) is 13.8 Å². The summed E-state index contributed by atoms with van der Waals surface area (Å²) in [5.74, 6) is 0.